The Morgan fingerprint density at radius 1 is 0.774 bits per heavy atom. The van der Waals surface area contributed by atoms with Gasteiger partial charge >= 0.3 is 0 Å². The van der Waals surface area contributed by atoms with E-state index < -0.39 is 5.60 Å². The molecule has 0 aliphatic rings. The Balaban J connectivity index is 2.10. The summed E-state index contributed by atoms with van der Waals surface area (Å²) in [5.41, 5.74) is 2.11. The highest BCUT2D eigenvalue weighted by atomic mass is 16.5. The average Bonchev–Trinajstić information content (AvgIpc) is 2.85. The molecule has 1 N–H and O–H groups in total. The molecule has 0 heterocycles. The minimum atomic E-state index is -0.845. The number of ether oxygens (including phenoxy) is 3. The molecule has 5 nitrogen and oxygen atoms in total. The molecule has 0 radical (unpaired) electrons. The van der Waals surface area contributed by atoms with Crippen LogP contribution < -0.4 is 14.8 Å². The zero-order chi connectivity index (χ0) is 22.1. The number of carbonyl (C=O) groups excluding carboxylic acids is 1. The van der Waals surface area contributed by atoms with Crippen LogP contribution in [0.15, 0.2) is 78.9 Å². The van der Waals surface area contributed by atoms with Gasteiger partial charge in [0.15, 0.2) is 0 Å². The Morgan fingerprint density at radius 2 is 1.26 bits per heavy atom. The molecular weight excluding hydrogens is 390 g/mol. The molecular formula is C26H29NO4. The minimum absolute atomic E-state index is 0.00260. The van der Waals surface area contributed by atoms with Gasteiger partial charge in [-0.15, -0.1) is 0 Å². The Kier molecular flexibility index (Phi) is 7.68. The summed E-state index contributed by atoms with van der Waals surface area (Å²) in [6, 6.07) is 26.0. The quantitative estimate of drug-likeness (QED) is 0.387. The maximum atomic E-state index is 11.7. The Morgan fingerprint density at radius 3 is 1.71 bits per heavy atom. The SMILES string of the molecule is CNC(=O)CCCOC(c1ccccc1)(c1ccc(OC)cc1)c1ccc(OC)cc1. The normalized spacial score (nSPS) is 11.1. The third kappa shape index (κ3) is 5.06. The van der Waals surface area contributed by atoms with E-state index in [0.29, 0.717) is 19.4 Å². The number of benzene rings is 3. The first-order chi connectivity index (χ1) is 15.1. The summed E-state index contributed by atoms with van der Waals surface area (Å²) in [4.78, 5) is 11.7. The van der Waals surface area contributed by atoms with Crippen molar-refractivity contribution in [2.75, 3.05) is 27.9 Å². The molecule has 1 amide bonds. The van der Waals surface area contributed by atoms with Gasteiger partial charge in [0.05, 0.1) is 14.2 Å². The monoisotopic (exact) mass is 419 g/mol. The molecule has 0 aliphatic carbocycles. The average molecular weight is 420 g/mol. The van der Waals surface area contributed by atoms with Gasteiger partial charge in [-0.05, 0) is 47.4 Å². The first-order valence-electron chi connectivity index (χ1n) is 10.3. The highest BCUT2D eigenvalue weighted by molar-refractivity contribution is 5.75. The zero-order valence-corrected chi connectivity index (χ0v) is 18.3. The molecule has 0 saturated heterocycles. The van der Waals surface area contributed by atoms with Crippen LogP contribution in [-0.2, 0) is 15.1 Å². The zero-order valence-electron chi connectivity index (χ0n) is 18.3. The van der Waals surface area contributed by atoms with E-state index in [1.165, 1.54) is 0 Å². The first-order valence-corrected chi connectivity index (χ1v) is 10.3. The maximum absolute atomic E-state index is 11.7. The number of methoxy groups -OCH3 is 2. The largest absolute Gasteiger partial charge is 0.497 e. The fraction of sp³-hybridized carbons (Fsp3) is 0.269. The summed E-state index contributed by atoms with van der Waals surface area (Å²) in [6.07, 6.45) is 1.02. The van der Waals surface area contributed by atoms with Crippen molar-refractivity contribution in [3.05, 3.63) is 95.6 Å². The predicted molar refractivity (Wildman–Crippen MR) is 122 cm³/mol. The van der Waals surface area contributed by atoms with Crippen molar-refractivity contribution < 1.29 is 19.0 Å². The van der Waals surface area contributed by atoms with Crippen molar-refractivity contribution in [2.45, 2.75) is 18.4 Å². The van der Waals surface area contributed by atoms with Crippen LogP contribution in [0, 0.1) is 0 Å². The minimum Gasteiger partial charge on any atom is -0.497 e. The van der Waals surface area contributed by atoms with Crippen molar-refractivity contribution in [1.29, 1.82) is 0 Å². The molecule has 0 spiro atoms. The van der Waals surface area contributed by atoms with Gasteiger partial charge in [0.2, 0.25) is 5.91 Å². The fourth-order valence-electron chi connectivity index (χ4n) is 3.66. The fourth-order valence-corrected chi connectivity index (χ4v) is 3.66. The Labute approximate surface area is 184 Å². The van der Waals surface area contributed by atoms with Crippen LogP contribution in [0.5, 0.6) is 11.5 Å². The van der Waals surface area contributed by atoms with Gasteiger partial charge in [0, 0.05) is 20.1 Å². The molecule has 31 heavy (non-hydrogen) atoms. The number of rotatable bonds is 10. The van der Waals surface area contributed by atoms with Gasteiger partial charge in [-0.2, -0.15) is 0 Å². The highest BCUT2D eigenvalue weighted by Gasteiger charge is 2.37. The van der Waals surface area contributed by atoms with Gasteiger partial charge in [-0.25, -0.2) is 0 Å². The van der Waals surface area contributed by atoms with Crippen LogP contribution in [0.2, 0.25) is 0 Å². The van der Waals surface area contributed by atoms with Crippen molar-refractivity contribution >= 4 is 5.91 Å². The second-order valence-corrected chi connectivity index (χ2v) is 7.13. The molecule has 0 saturated carbocycles. The molecule has 3 aromatic rings. The second kappa shape index (κ2) is 10.6. The van der Waals surface area contributed by atoms with Crippen LogP contribution in [0.1, 0.15) is 29.5 Å². The van der Waals surface area contributed by atoms with E-state index in [1.807, 2.05) is 66.7 Å². The second-order valence-electron chi connectivity index (χ2n) is 7.13. The van der Waals surface area contributed by atoms with E-state index in [4.69, 9.17) is 14.2 Å². The molecule has 0 unspecified atom stereocenters. The Bertz CT molecular complexity index is 905. The molecule has 0 aromatic heterocycles. The van der Waals surface area contributed by atoms with Gasteiger partial charge in [-0.3, -0.25) is 4.79 Å². The lowest BCUT2D eigenvalue weighted by atomic mass is 9.80. The van der Waals surface area contributed by atoms with Gasteiger partial charge in [-0.1, -0.05) is 54.6 Å². The molecule has 0 fully saturated rings. The molecule has 162 valence electrons. The lowest BCUT2D eigenvalue weighted by Gasteiger charge is -2.36. The summed E-state index contributed by atoms with van der Waals surface area (Å²) < 4.78 is 17.4. The smallest absolute Gasteiger partial charge is 0.219 e. The third-order valence-corrected chi connectivity index (χ3v) is 5.32. The first kappa shape index (κ1) is 22.4. The molecule has 5 heteroatoms. The summed E-state index contributed by atoms with van der Waals surface area (Å²) in [6.45, 7) is 0.417. The van der Waals surface area contributed by atoms with E-state index in [2.05, 4.69) is 17.4 Å². The molecule has 3 rings (SSSR count). The topological polar surface area (TPSA) is 56.8 Å². The number of hydrogen-bond acceptors (Lipinski definition) is 4. The van der Waals surface area contributed by atoms with Crippen molar-refractivity contribution in [3.8, 4) is 11.5 Å². The van der Waals surface area contributed by atoms with Crippen molar-refractivity contribution in [1.82, 2.24) is 5.32 Å². The lowest BCUT2D eigenvalue weighted by Crippen LogP contribution is -2.33. The van der Waals surface area contributed by atoms with Crippen LogP contribution in [0.3, 0.4) is 0 Å². The molecule has 3 aromatic carbocycles. The number of amides is 1. The highest BCUT2D eigenvalue weighted by Crippen LogP contribution is 2.41. The van der Waals surface area contributed by atoms with E-state index in [-0.39, 0.29) is 5.91 Å². The van der Waals surface area contributed by atoms with Gasteiger partial charge in [0.1, 0.15) is 17.1 Å². The van der Waals surface area contributed by atoms with Gasteiger partial charge in [0.25, 0.3) is 0 Å². The summed E-state index contributed by atoms with van der Waals surface area (Å²) in [5, 5.41) is 2.66. The van der Waals surface area contributed by atoms with E-state index >= 15 is 0 Å². The summed E-state index contributed by atoms with van der Waals surface area (Å²) in [7, 11) is 4.95. The van der Waals surface area contributed by atoms with Crippen LogP contribution in [0.4, 0.5) is 0 Å². The van der Waals surface area contributed by atoms with E-state index in [0.717, 1.165) is 28.2 Å². The Hall–Kier alpha value is -3.31. The third-order valence-electron chi connectivity index (χ3n) is 5.32. The van der Waals surface area contributed by atoms with Gasteiger partial charge < -0.3 is 19.5 Å². The van der Waals surface area contributed by atoms with Crippen molar-refractivity contribution in [2.24, 2.45) is 0 Å². The standard InChI is InChI=1S/C26H29NO4/c1-27-25(28)10-7-19-31-26(20-8-5-4-6-9-20,21-11-15-23(29-2)16-12-21)22-13-17-24(30-3)18-14-22/h4-6,8-9,11-18H,7,10,19H2,1-3H3,(H,27,28). The number of hydrogen-bond donors (Lipinski definition) is 1. The molecule has 0 bridgehead atoms. The van der Waals surface area contributed by atoms with Crippen molar-refractivity contribution in [3.63, 3.8) is 0 Å². The molecule has 0 aliphatic heterocycles. The molecule has 0 atom stereocenters. The van der Waals surface area contributed by atoms with Crippen LogP contribution in [-0.4, -0.2) is 33.8 Å². The van der Waals surface area contributed by atoms with E-state index in [1.54, 1.807) is 21.3 Å². The maximum Gasteiger partial charge on any atom is 0.219 e. The van der Waals surface area contributed by atoms with E-state index in [9.17, 15) is 4.79 Å². The number of nitrogens with one attached hydrogen (secondary N) is 1. The predicted octanol–water partition coefficient (Wildman–Crippen LogP) is 4.54. The van der Waals surface area contributed by atoms with Crippen LogP contribution >= 0.6 is 0 Å². The summed E-state index contributed by atoms with van der Waals surface area (Å²) in [5.74, 6) is 1.56. The number of carbonyl (C=O) groups is 1. The summed E-state index contributed by atoms with van der Waals surface area (Å²) >= 11 is 0. The van der Waals surface area contributed by atoms with Crippen LogP contribution in [0.25, 0.3) is 0 Å². The lowest BCUT2D eigenvalue weighted by molar-refractivity contribution is -0.121.